The standard InChI is InChI=1S/C11H21NO2/c13-11(5-3-1-2-4-6-11)9-12-10-7-14-8-10/h10,12-13H,1-9H2. The van der Waals surface area contributed by atoms with E-state index in [1.54, 1.807) is 0 Å². The largest absolute Gasteiger partial charge is 0.389 e. The summed E-state index contributed by atoms with van der Waals surface area (Å²) in [4.78, 5) is 0. The van der Waals surface area contributed by atoms with Crippen LogP contribution < -0.4 is 5.32 Å². The third-order valence-corrected chi connectivity index (χ3v) is 3.39. The summed E-state index contributed by atoms with van der Waals surface area (Å²) in [5.74, 6) is 0. The van der Waals surface area contributed by atoms with Crippen molar-refractivity contribution in [3.8, 4) is 0 Å². The fraction of sp³-hybridized carbons (Fsp3) is 1.00. The van der Waals surface area contributed by atoms with Gasteiger partial charge in [-0.2, -0.15) is 0 Å². The van der Waals surface area contributed by atoms with Crippen LogP contribution in [0.2, 0.25) is 0 Å². The predicted octanol–water partition coefficient (Wildman–Crippen LogP) is 1.06. The zero-order valence-corrected chi connectivity index (χ0v) is 8.80. The van der Waals surface area contributed by atoms with Gasteiger partial charge < -0.3 is 15.2 Å². The Morgan fingerprint density at radius 2 is 1.79 bits per heavy atom. The molecule has 0 aromatic carbocycles. The summed E-state index contributed by atoms with van der Waals surface area (Å²) in [6.07, 6.45) is 6.86. The molecule has 0 radical (unpaired) electrons. The van der Waals surface area contributed by atoms with Crippen LogP contribution in [0.5, 0.6) is 0 Å². The lowest BCUT2D eigenvalue weighted by Gasteiger charge is -2.33. The number of ether oxygens (including phenoxy) is 1. The second-order valence-electron chi connectivity index (χ2n) is 4.75. The van der Waals surface area contributed by atoms with Gasteiger partial charge in [-0.05, 0) is 12.8 Å². The molecule has 0 bridgehead atoms. The molecule has 3 heteroatoms. The molecule has 0 amide bonds. The van der Waals surface area contributed by atoms with E-state index in [1.807, 2.05) is 0 Å². The van der Waals surface area contributed by atoms with E-state index in [-0.39, 0.29) is 0 Å². The van der Waals surface area contributed by atoms with Crippen LogP contribution in [0, 0.1) is 0 Å². The van der Waals surface area contributed by atoms with Crippen molar-refractivity contribution in [2.45, 2.75) is 50.2 Å². The third-order valence-electron chi connectivity index (χ3n) is 3.39. The highest BCUT2D eigenvalue weighted by atomic mass is 16.5. The van der Waals surface area contributed by atoms with Gasteiger partial charge in [0.15, 0.2) is 0 Å². The second-order valence-corrected chi connectivity index (χ2v) is 4.75. The Balaban J connectivity index is 1.74. The van der Waals surface area contributed by atoms with E-state index < -0.39 is 5.60 Å². The van der Waals surface area contributed by atoms with E-state index in [0.29, 0.717) is 6.04 Å². The summed E-state index contributed by atoms with van der Waals surface area (Å²) in [7, 11) is 0. The molecule has 1 aliphatic heterocycles. The van der Waals surface area contributed by atoms with Gasteiger partial charge in [-0.25, -0.2) is 0 Å². The smallest absolute Gasteiger partial charge is 0.0771 e. The van der Waals surface area contributed by atoms with Gasteiger partial charge >= 0.3 is 0 Å². The summed E-state index contributed by atoms with van der Waals surface area (Å²) in [5, 5.41) is 13.7. The van der Waals surface area contributed by atoms with Crippen LogP contribution in [0.1, 0.15) is 38.5 Å². The Hall–Kier alpha value is -0.120. The van der Waals surface area contributed by atoms with Gasteiger partial charge in [-0.1, -0.05) is 25.7 Å². The molecule has 1 saturated heterocycles. The van der Waals surface area contributed by atoms with Crippen molar-refractivity contribution in [3.63, 3.8) is 0 Å². The van der Waals surface area contributed by atoms with Crippen molar-refractivity contribution in [2.24, 2.45) is 0 Å². The quantitative estimate of drug-likeness (QED) is 0.668. The summed E-state index contributed by atoms with van der Waals surface area (Å²) in [6.45, 7) is 2.38. The Morgan fingerprint density at radius 3 is 2.29 bits per heavy atom. The van der Waals surface area contributed by atoms with Gasteiger partial charge in [-0.15, -0.1) is 0 Å². The van der Waals surface area contributed by atoms with E-state index in [4.69, 9.17) is 4.74 Å². The van der Waals surface area contributed by atoms with E-state index in [9.17, 15) is 5.11 Å². The van der Waals surface area contributed by atoms with Crippen molar-refractivity contribution in [3.05, 3.63) is 0 Å². The van der Waals surface area contributed by atoms with E-state index in [1.165, 1.54) is 25.7 Å². The van der Waals surface area contributed by atoms with Gasteiger partial charge in [0.25, 0.3) is 0 Å². The van der Waals surface area contributed by atoms with Gasteiger partial charge in [0.05, 0.1) is 24.9 Å². The molecule has 0 unspecified atom stereocenters. The van der Waals surface area contributed by atoms with Crippen LogP contribution in [0.3, 0.4) is 0 Å². The third kappa shape index (κ3) is 2.69. The molecule has 2 fully saturated rings. The summed E-state index contributed by atoms with van der Waals surface area (Å²) < 4.78 is 5.09. The van der Waals surface area contributed by atoms with Crippen molar-refractivity contribution in [2.75, 3.05) is 19.8 Å². The van der Waals surface area contributed by atoms with Gasteiger partial charge in [0.2, 0.25) is 0 Å². The lowest BCUT2D eigenvalue weighted by Crippen LogP contribution is -2.52. The molecular formula is C11H21NO2. The minimum atomic E-state index is -0.438. The Bertz CT molecular complexity index is 172. The SMILES string of the molecule is OC1(CNC2COC2)CCCCCC1. The average molecular weight is 199 g/mol. The first kappa shape index (κ1) is 10.4. The molecule has 82 valence electrons. The highest BCUT2D eigenvalue weighted by Crippen LogP contribution is 2.26. The Morgan fingerprint density at radius 1 is 1.14 bits per heavy atom. The fourth-order valence-electron chi connectivity index (χ4n) is 2.25. The maximum Gasteiger partial charge on any atom is 0.0771 e. The minimum Gasteiger partial charge on any atom is -0.389 e. The molecule has 2 rings (SSSR count). The maximum atomic E-state index is 10.3. The van der Waals surface area contributed by atoms with E-state index in [2.05, 4.69) is 5.32 Å². The minimum absolute atomic E-state index is 0.438. The summed E-state index contributed by atoms with van der Waals surface area (Å²) in [6, 6.07) is 0.488. The second kappa shape index (κ2) is 4.60. The molecule has 0 spiro atoms. The van der Waals surface area contributed by atoms with Crippen LogP contribution in [0.25, 0.3) is 0 Å². The summed E-state index contributed by atoms with van der Waals surface area (Å²) >= 11 is 0. The zero-order valence-electron chi connectivity index (χ0n) is 8.80. The fourth-order valence-corrected chi connectivity index (χ4v) is 2.25. The molecule has 0 atom stereocenters. The van der Waals surface area contributed by atoms with Crippen molar-refractivity contribution in [1.82, 2.24) is 5.32 Å². The number of rotatable bonds is 3. The number of nitrogens with one attached hydrogen (secondary N) is 1. The van der Waals surface area contributed by atoms with Gasteiger partial charge in [0.1, 0.15) is 0 Å². The summed E-state index contributed by atoms with van der Waals surface area (Å²) in [5.41, 5.74) is -0.438. The molecule has 1 heterocycles. The van der Waals surface area contributed by atoms with E-state index in [0.717, 1.165) is 32.6 Å². The predicted molar refractivity (Wildman–Crippen MR) is 55.3 cm³/mol. The molecule has 14 heavy (non-hydrogen) atoms. The number of hydrogen-bond donors (Lipinski definition) is 2. The molecule has 0 aromatic heterocycles. The topological polar surface area (TPSA) is 41.5 Å². The highest BCUT2D eigenvalue weighted by molar-refractivity contribution is 4.86. The maximum absolute atomic E-state index is 10.3. The molecule has 1 saturated carbocycles. The number of hydrogen-bond acceptors (Lipinski definition) is 3. The monoisotopic (exact) mass is 199 g/mol. The van der Waals surface area contributed by atoms with Crippen molar-refractivity contribution in [1.29, 1.82) is 0 Å². The van der Waals surface area contributed by atoms with Crippen LogP contribution in [0.4, 0.5) is 0 Å². The Labute approximate surface area is 85.8 Å². The van der Waals surface area contributed by atoms with Crippen molar-refractivity contribution < 1.29 is 9.84 Å². The van der Waals surface area contributed by atoms with Crippen molar-refractivity contribution >= 4 is 0 Å². The molecule has 0 aromatic rings. The zero-order chi connectivity index (χ0) is 9.86. The molecule has 3 nitrogen and oxygen atoms in total. The molecule has 2 N–H and O–H groups in total. The highest BCUT2D eigenvalue weighted by Gasteiger charge is 2.29. The molecular weight excluding hydrogens is 178 g/mol. The van der Waals surface area contributed by atoms with Crippen LogP contribution in [-0.2, 0) is 4.74 Å². The first-order chi connectivity index (χ1) is 6.79. The lowest BCUT2D eigenvalue weighted by molar-refractivity contribution is -0.0279. The molecule has 1 aliphatic carbocycles. The average Bonchev–Trinajstić information content (AvgIpc) is 2.28. The van der Waals surface area contributed by atoms with Crippen LogP contribution in [0.15, 0.2) is 0 Å². The first-order valence-corrected chi connectivity index (χ1v) is 5.82. The Kier molecular flexibility index (Phi) is 3.42. The molecule has 2 aliphatic rings. The first-order valence-electron chi connectivity index (χ1n) is 5.82. The van der Waals surface area contributed by atoms with Gasteiger partial charge in [0, 0.05) is 6.54 Å². The van der Waals surface area contributed by atoms with Gasteiger partial charge in [-0.3, -0.25) is 0 Å². The lowest BCUT2D eigenvalue weighted by atomic mass is 9.94. The van der Waals surface area contributed by atoms with Crippen LogP contribution >= 0.6 is 0 Å². The number of aliphatic hydroxyl groups is 1. The van der Waals surface area contributed by atoms with E-state index >= 15 is 0 Å². The normalized spacial score (nSPS) is 28.1. The van der Waals surface area contributed by atoms with Crippen LogP contribution in [-0.4, -0.2) is 36.5 Å².